The number of carbonyl (C=O) groups excluding carboxylic acids is 1. The lowest BCUT2D eigenvalue weighted by molar-refractivity contribution is -0.143. The van der Waals surface area contributed by atoms with Crippen molar-refractivity contribution in [2.75, 3.05) is 20.2 Å². The van der Waals surface area contributed by atoms with Gasteiger partial charge in [0, 0.05) is 30.4 Å². The Hall–Kier alpha value is -1.69. The molecule has 1 unspecified atom stereocenters. The fourth-order valence-electron chi connectivity index (χ4n) is 3.39. The lowest BCUT2D eigenvalue weighted by Crippen LogP contribution is -2.45. The van der Waals surface area contributed by atoms with Crippen molar-refractivity contribution in [3.63, 3.8) is 0 Å². The molecule has 1 N–H and O–H groups in total. The minimum absolute atomic E-state index is 0.0667. The number of likely N-dealkylation sites (N-methyl/N-ethyl adjacent to an activating group) is 1. The minimum Gasteiger partial charge on any atom is -0.461 e. The highest BCUT2D eigenvalue weighted by atomic mass is 16.5. The van der Waals surface area contributed by atoms with Crippen LogP contribution in [-0.4, -0.2) is 52.2 Å². The number of rotatable bonds is 6. The molecule has 1 aromatic rings. The fraction of sp³-hybridized carbons (Fsp3) is 0.722. The molecule has 0 aliphatic heterocycles. The molecule has 134 valence electrons. The smallest absolute Gasteiger partial charge is 0.316 e. The number of ether oxygens (including phenoxy) is 1. The highest BCUT2D eigenvalue weighted by molar-refractivity contribution is 5.82. The fourth-order valence-corrected chi connectivity index (χ4v) is 3.39. The maximum Gasteiger partial charge on any atom is 0.316 e. The van der Waals surface area contributed by atoms with Crippen molar-refractivity contribution >= 4 is 5.91 Å². The lowest BCUT2D eigenvalue weighted by atomic mass is 9.74. The van der Waals surface area contributed by atoms with Gasteiger partial charge in [0.2, 0.25) is 5.91 Å². The van der Waals surface area contributed by atoms with Gasteiger partial charge in [-0.2, -0.15) is 0 Å². The van der Waals surface area contributed by atoms with Gasteiger partial charge in [0.15, 0.2) is 0 Å². The predicted molar refractivity (Wildman–Crippen MR) is 91.8 cm³/mol. The van der Waals surface area contributed by atoms with Gasteiger partial charge in [0.25, 0.3) is 0 Å². The van der Waals surface area contributed by atoms with Gasteiger partial charge >= 0.3 is 6.01 Å². The number of aliphatic hydroxyl groups is 1. The summed E-state index contributed by atoms with van der Waals surface area (Å²) in [5.74, 6) is 0.115. The zero-order valence-electron chi connectivity index (χ0n) is 15.2. The van der Waals surface area contributed by atoms with Crippen LogP contribution < -0.4 is 4.74 Å². The number of nitrogens with zero attached hydrogens (tertiary/aromatic N) is 3. The van der Waals surface area contributed by atoms with Gasteiger partial charge in [0.1, 0.15) is 12.7 Å². The first kappa shape index (κ1) is 18.6. The van der Waals surface area contributed by atoms with E-state index >= 15 is 0 Å². The molecular weight excluding hydrogens is 306 g/mol. The molecule has 2 rings (SSSR count). The van der Waals surface area contributed by atoms with Crippen molar-refractivity contribution in [2.24, 2.45) is 5.41 Å². The number of carbonyl (C=O) groups is 1. The van der Waals surface area contributed by atoms with Gasteiger partial charge in [0.05, 0.1) is 0 Å². The molecule has 24 heavy (non-hydrogen) atoms. The second-order valence-electron chi connectivity index (χ2n) is 7.21. The molecule has 0 bridgehead atoms. The van der Waals surface area contributed by atoms with Crippen LogP contribution in [0.4, 0.5) is 0 Å². The maximum absolute atomic E-state index is 12.7. The van der Waals surface area contributed by atoms with Crippen molar-refractivity contribution in [1.82, 2.24) is 14.9 Å². The third-order valence-corrected chi connectivity index (χ3v) is 4.67. The topological polar surface area (TPSA) is 75.6 Å². The molecule has 0 radical (unpaired) electrons. The Morgan fingerprint density at radius 2 is 1.88 bits per heavy atom. The molecule has 0 spiro atoms. The Morgan fingerprint density at radius 3 is 2.46 bits per heavy atom. The van der Waals surface area contributed by atoms with Crippen LogP contribution in [0.2, 0.25) is 0 Å². The predicted octanol–water partition coefficient (Wildman–Crippen LogP) is 2.26. The van der Waals surface area contributed by atoms with Crippen LogP contribution in [-0.2, 0) is 4.79 Å². The first-order valence-electron chi connectivity index (χ1n) is 8.69. The van der Waals surface area contributed by atoms with Crippen LogP contribution in [0.3, 0.4) is 0 Å². The van der Waals surface area contributed by atoms with Crippen LogP contribution in [0.15, 0.2) is 6.07 Å². The lowest BCUT2D eigenvalue weighted by Gasteiger charge is -2.36. The van der Waals surface area contributed by atoms with Crippen molar-refractivity contribution < 1.29 is 14.6 Å². The zero-order chi connectivity index (χ0) is 17.7. The number of amides is 1. The number of hydrogen-bond donors (Lipinski definition) is 1. The van der Waals surface area contributed by atoms with E-state index < -0.39 is 6.10 Å². The van der Waals surface area contributed by atoms with Crippen molar-refractivity contribution in [1.29, 1.82) is 0 Å². The Labute approximate surface area is 144 Å². The van der Waals surface area contributed by atoms with E-state index in [-0.39, 0.29) is 30.5 Å². The molecular formula is C18H29N3O3. The first-order valence-corrected chi connectivity index (χ1v) is 8.69. The summed E-state index contributed by atoms with van der Waals surface area (Å²) in [6, 6.07) is 2.13. The van der Waals surface area contributed by atoms with Gasteiger partial charge in [-0.25, -0.2) is 9.97 Å². The summed E-state index contributed by atoms with van der Waals surface area (Å²) in [6.07, 6.45) is 4.50. The largest absolute Gasteiger partial charge is 0.461 e. The van der Waals surface area contributed by atoms with Crippen LogP contribution in [0.5, 0.6) is 6.01 Å². The molecule has 6 nitrogen and oxygen atoms in total. The van der Waals surface area contributed by atoms with Gasteiger partial charge in [-0.15, -0.1) is 0 Å². The standard InChI is InChI=1S/C18H29N3O3/c1-13-10-14(2)20-17(19-13)24-12-15(22)11-21(4)16(23)18(3)8-6-5-7-9-18/h10,15,22H,5-9,11-12H2,1-4H3. The number of aliphatic hydroxyl groups excluding tert-OH is 1. The van der Waals surface area contributed by atoms with Crippen molar-refractivity contribution in [3.05, 3.63) is 17.5 Å². The van der Waals surface area contributed by atoms with Crippen molar-refractivity contribution in [3.8, 4) is 6.01 Å². The average Bonchev–Trinajstić information content (AvgIpc) is 2.52. The van der Waals surface area contributed by atoms with E-state index in [9.17, 15) is 9.90 Å². The van der Waals surface area contributed by atoms with Gasteiger partial charge in [-0.3, -0.25) is 4.79 Å². The Morgan fingerprint density at radius 1 is 1.29 bits per heavy atom. The highest BCUT2D eigenvalue weighted by Crippen LogP contribution is 2.37. The quantitative estimate of drug-likeness (QED) is 0.863. The van der Waals surface area contributed by atoms with E-state index in [4.69, 9.17) is 4.74 Å². The molecule has 1 atom stereocenters. The van der Waals surface area contributed by atoms with E-state index in [1.54, 1.807) is 11.9 Å². The van der Waals surface area contributed by atoms with Gasteiger partial charge in [-0.1, -0.05) is 26.2 Å². The summed E-state index contributed by atoms with van der Waals surface area (Å²) in [4.78, 5) is 22.7. The van der Waals surface area contributed by atoms with Crippen LogP contribution in [0, 0.1) is 19.3 Å². The summed E-state index contributed by atoms with van der Waals surface area (Å²) < 4.78 is 5.47. The number of hydrogen-bond acceptors (Lipinski definition) is 5. The molecule has 1 aliphatic rings. The summed E-state index contributed by atoms with van der Waals surface area (Å²) in [5.41, 5.74) is 1.36. The van der Waals surface area contributed by atoms with Crippen LogP contribution in [0.25, 0.3) is 0 Å². The second-order valence-corrected chi connectivity index (χ2v) is 7.21. The summed E-state index contributed by atoms with van der Waals surface area (Å²) >= 11 is 0. The normalized spacial score (nSPS) is 18.0. The maximum atomic E-state index is 12.7. The third kappa shape index (κ3) is 4.90. The first-order chi connectivity index (χ1) is 11.3. The highest BCUT2D eigenvalue weighted by Gasteiger charge is 2.36. The summed E-state index contributed by atoms with van der Waals surface area (Å²) in [7, 11) is 1.75. The second kappa shape index (κ2) is 7.92. The van der Waals surface area contributed by atoms with E-state index in [1.165, 1.54) is 6.42 Å². The van der Waals surface area contributed by atoms with E-state index in [2.05, 4.69) is 9.97 Å². The molecule has 0 aromatic carbocycles. The zero-order valence-corrected chi connectivity index (χ0v) is 15.2. The third-order valence-electron chi connectivity index (χ3n) is 4.67. The summed E-state index contributed by atoms with van der Waals surface area (Å²) in [6.45, 7) is 6.10. The molecule has 1 amide bonds. The molecule has 1 fully saturated rings. The van der Waals surface area contributed by atoms with Gasteiger partial charge in [-0.05, 0) is 32.8 Å². The van der Waals surface area contributed by atoms with Crippen molar-refractivity contribution in [2.45, 2.75) is 59.0 Å². The Bertz CT molecular complexity index is 550. The molecule has 1 saturated carbocycles. The number of aromatic nitrogens is 2. The minimum atomic E-state index is -0.768. The monoisotopic (exact) mass is 335 g/mol. The Balaban J connectivity index is 1.84. The van der Waals surface area contributed by atoms with Crippen LogP contribution in [0.1, 0.15) is 50.4 Å². The van der Waals surface area contributed by atoms with E-state index in [0.29, 0.717) is 0 Å². The van der Waals surface area contributed by atoms with Crippen LogP contribution >= 0.6 is 0 Å². The summed E-state index contributed by atoms with van der Waals surface area (Å²) in [5, 5.41) is 10.2. The molecule has 1 aliphatic carbocycles. The molecule has 1 heterocycles. The average molecular weight is 335 g/mol. The van der Waals surface area contributed by atoms with E-state index in [0.717, 1.165) is 37.1 Å². The molecule has 1 aromatic heterocycles. The molecule has 6 heteroatoms. The van der Waals surface area contributed by atoms with E-state index in [1.807, 2.05) is 26.8 Å². The number of aryl methyl sites for hydroxylation is 2. The van der Waals surface area contributed by atoms with Gasteiger partial charge < -0.3 is 14.7 Å². The Kier molecular flexibility index (Phi) is 6.15. The SMILES string of the molecule is Cc1cc(C)nc(OCC(O)CN(C)C(=O)C2(C)CCCCC2)n1. The molecule has 0 saturated heterocycles.